The molecule has 0 radical (unpaired) electrons. The van der Waals surface area contributed by atoms with Gasteiger partial charge in [-0.15, -0.1) is 0 Å². The van der Waals surface area contributed by atoms with Crippen molar-refractivity contribution in [2.45, 2.75) is 32.2 Å². The zero-order chi connectivity index (χ0) is 10.5. The lowest BCUT2D eigenvalue weighted by Gasteiger charge is -2.41. The molecule has 0 aliphatic carbocycles. The Bertz CT molecular complexity index is 405. The molecule has 80 valence electrons. The van der Waals surface area contributed by atoms with Gasteiger partial charge in [-0.3, -0.25) is 0 Å². The maximum absolute atomic E-state index is 5.87. The smallest absolute Gasteiger partial charge is 0.172 e. The Kier molecular flexibility index (Phi) is 1.73. The Morgan fingerprint density at radius 2 is 2.40 bits per heavy atom. The molecule has 0 aromatic carbocycles. The summed E-state index contributed by atoms with van der Waals surface area (Å²) in [6.07, 6.45) is 4.33. The molecule has 0 spiro atoms. The van der Waals surface area contributed by atoms with Crippen molar-refractivity contribution in [1.29, 1.82) is 0 Å². The highest BCUT2D eigenvalue weighted by Crippen LogP contribution is 2.43. The highest BCUT2D eigenvalue weighted by molar-refractivity contribution is 5.60. The van der Waals surface area contributed by atoms with E-state index in [-0.39, 0.29) is 5.54 Å². The van der Waals surface area contributed by atoms with Gasteiger partial charge in [0.05, 0.1) is 5.54 Å². The summed E-state index contributed by atoms with van der Waals surface area (Å²) in [5.74, 6) is 2.03. The van der Waals surface area contributed by atoms with Crippen LogP contribution in [0.1, 0.15) is 25.3 Å². The van der Waals surface area contributed by atoms with E-state index in [1.54, 1.807) is 0 Å². The number of ether oxygens (including phenoxy) is 1. The predicted molar refractivity (Wildman–Crippen MR) is 59.5 cm³/mol. The van der Waals surface area contributed by atoms with Gasteiger partial charge >= 0.3 is 0 Å². The lowest BCUT2D eigenvalue weighted by molar-refractivity contribution is 0.209. The molecule has 2 aliphatic heterocycles. The fourth-order valence-corrected chi connectivity index (χ4v) is 2.66. The van der Waals surface area contributed by atoms with Crippen molar-refractivity contribution >= 4 is 5.82 Å². The van der Waals surface area contributed by atoms with Gasteiger partial charge in [0, 0.05) is 12.7 Å². The number of hydrogen-bond acceptors (Lipinski definition) is 3. The van der Waals surface area contributed by atoms with Gasteiger partial charge in [0.25, 0.3) is 0 Å². The first-order valence-corrected chi connectivity index (χ1v) is 5.57. The number of nitrogens with zero attached hydrogens (tertiary/aromatic N) is 2. The minimum atomic E-state index is 0.174. The molecule has 0 bridgehead atoms. The summed E-state index contributed by atoms with van der Waals surface area (Å²) >= 11 is 0. The number of aromatic nitrogens is 1. The molecule has 0 saturated carbocycles. The van der Waals surface area contributed by atoms with E-state index in [1.807, 2.05) is 12.3 Å². The van der Waals surface area contributed by atoms with Crippen LogP contribution >= 0.6 is 0 Å². The molecule has 1 saturated heterocycles. The Hall–Kier alpha value is -1.25. The molecule has 1 fully saturated rings. The van der Waals surface area contributed by atoms with Gasteiger partial charge < -0.3 is 9.64 Å². The third-order valence-electron chi connectivity index (χ3n) is 3.61. The summed E-state index contributed by atoms with van der Waals surface area (Å²) in [5.41, 5.74) is 1.36. The van der Waals surface area contributed by atoms with E-state index in [9.17, 15) is 0 Å². The number of fused-ring (bicyclic) bond motifs is 3. The zero-order valence-corrected chi connectivity index (χ0v) is 9.29. The number of aryl methyl sites for hydroxylation is 1. The quantitative estimate of drug-likeness (QED) is 0.647. The van der Waals surface area contributed by atoms with Gasteiger partial charge in [0.2, 0.25) is 0 Å². The van der Waals surface area contributed by atoms with Crippen LogP contribution in [-0.2, 0) is 0 Å². The third kappa shape index (κ3) is 1.15. The zero-order valence-electron chi connectivity index (χ0n) is 9.29. The fraction of sp³-hybridized carbons (Fsp3) is 0.583. The molecule has 1 aromatic rings. The van der Waals surface area contributed by atoms with E-state index < -0.39 is 0 Å². The minimum absolute atomic E-state index is 0.174. The molecular weight excluding hydrogens is 188 g/mol. The topological polar surface area (TPSA) is 25.4 Å². The molecule has 0 amide bonds. The van der Waals surface area contributed by atoms with Gasteiger partial charge in [-0.05, 0) is 38.3 Å². The molecule has 3 heteroatoms. The minimum Gasteiger partial charge on any atom is -0.487 e. The Balaban J connectivity index is 2.13. The largest absolute Gasteiger partial charge is 0.487 e. The molecule has 3 nitrogen and oxygen atoms in total. The van der Waals surface area contributed by atoms with Crippen molar-refractivity contribution in [2.75, 3.05) is 18.1 Å². The normalized spacial score (nSPS) is 28.3. The molecular formula is C12H16N2O. The highest BCUT2D eigenvalue weighted by atomic mass is 16.5. The second-order valence-corrected chi connectivity index (χ2v) is 4.82. The molecule has 15 heavy (non-hydrogen) atoms. The first kappa shape index (κ1) is 9.01. The van der Waals surface area contributed by atoms with E-state index in [4.69, 9.17) is 4.74 Å². The van der Waals surface area contributed by atoms with Gasteiger partial charge in [-0.25, -0.2) is 4.98 Å². The summed E-state index contributed by atoms with van der Waals surface area (Å²) in [6.45, 7) is 6.27. The second-order valence-electron chi connectivity index (χ2n) is 4.82. The monoisotopic (exact) mass is 204 g/mol. The van der Waals surface area contributed by atoms with Gasteiger partial charge in [-0.1, -0.05) is 0 Å². The summed E-state index contributed by atoms with van der Waals surface area (Å²) < 4.78 is 5.87. The van der Waals surface area contributed by atoms with E-state index in [0.717, 1.165) is 24.7 Å². The molecule has 1 aromatic heterocycles. The van der Waals surface area contributed by atoms with E-state index in [0.29, 0.717) is 0 Å². The van der Waals surface area contributed by atoms with E-state index in [2.05, 4.69) is 23.7 Å². The maximum Gasteiger partial charge on any atom is 0.172 e. The van der Waals surface area contributed by atoms with Crippen LogP contribution in [0.25, 0.3) is 0 Å². The number of rotatable bonds is 0. The third-order valence-corrected chi connectivity index (χ3v) is 3.61. The van der Waals surface area contributed by atoms with Gasteiger partial charge in [0.1, 0.15) is 6.61 Å². The molecule has 1 atom stereocenters. The average Bonchev–Trinajstić information content (AvgIpc) is 2.60. The summed E-state index contributed by atoms with van der Waals surface area (Å²) in [5, 5.41) is 0. The Morgan fingerprint density at radius 1 is 1.53 bits per heavy atom. The van der Waals surface area contributed by atoms with Crippen LogP contribution in [0.2, 0.25) is 0 Å². The van der Waals surface area contributed by atoms with Gasteiger partial charge in [0.15, 0.2) is 11.6 Å². The van der Waals surface area contributed by atoms with Crippen molar-refractivity contribution in [3.8, 4) is 5.75 Å². The standard InChI is InChI=1S/C12H16N2O/c1-9-4-6-13-11-10(9)15-8-12(2)5-3-7-14(11)12/h4,6H,3,5,7-8H2,1-2H3. The van der Waals surface area contributed by atoms with Crippen LogP contribution in [0.15, 0.2) is 12.3 Å². The van der Waals surface area contributed by atoms with Gasteiger partial charge in [-0.2, -0.15) is 0 Å². The van der Waals surface area contributed by atoms with E-state index in [1.165, 1.54) is 18.4 Å². The summed E-state index contributed by atoms with van der Waals surface area (Å²) in [4.78, 5) is 6.88. The lowest BCUT2D eigenvalue weighted by atomic mass is 9.98. The molecule has 3 rings (SSSR count). The van der Waals surface area contributed by atoms with Crippen molar-refractivity contribution in [1.82, 2.24) is 4.98 Å². The van der Waals surface area contributed by atoms with Crippen LogP contribution < -0.4 is 9.64 Å². The lowest BCUT2D eigenvalue weighted by Crippen LogP contribution is -2.49. The summed E-state index contributed by atoms with van der Waals surface area (Å²) in [6, 6.07) is 2.01. The number of hydrogen-bond donors (Lipinski definition) is 0. The second kappa shape index (κ2) is 2.87. The van der Waals surface area contributed by atoms with Crippen molar-refractivity contribution in [2.24, 2.45) is 0 Å². The number of anilines is 1. The Labute approximate surface area is 90.1 Å². The maximum atomic E-state index is 5.87. The van der Waals surface area contributed by atoms with Crippen LogP contribution in [0, 0.1) is 6.92 Å². The first-order chi connectivity index (χ1) is 7.21. The van der Waals surface area contributed by atoms with Crippen LogP contribution in [-0.4, -0.2) is 23.7 Å². The van der Waals surface area contributed by atoms with Crippen molar-refractivity contribution in [3.05, 3.63) is 17.8 Å². The highest BCUT2D eigenvalue weighted by Gasteiger charge is 2.42. The van der Waals surface area contributed by atoms with Crippen LogP contribution in [0.4, 0.5) is 5.82 Å². The molecule has 0 N–H and O–H groups in total. The van der Waals surface area contributed by atoms with Crippen LogP contribution in [0.3, 0.4) is 0 Å². The molecule has 3 heterocycles. The van der Waals surface area contributed by atoms with Crippen LogP contribution in [0.5, 0.6) is 5.75 Å². The predicted octanol–water partition coefficient (Wildman–Crippen LogP) is 2.14. The number of pyridine rings is 1. The Morgan fingerprint density at radius 3 is 3.27 bits per heavy atom. The fourth-order valence-electron chi connectivity index (χ4n) is 2.66. The first-order valence-electron chi connectivity index (χ1n) is 5.57. The average molecular weight is 204 g/mol. The summed E-state index contributed by atoms with van der Waals surface area (Å²) in [7, 11) is 0. The molecule has 2 aliphatic rings. The van der Waals surface area contributed by atoms with Crippen molar-refractivity contribution < 1.29 is 4.74 Å². The van der Waals surface area contributed by atoms with Crippen molar-refractivity contribution in [3.63, 3.8) is 0 Å². The SMILES string of the molecule is Cc1ccnc2c1OCC1(C)CCCN21. The molecule has 1 unspecified atom stereocenters. The van der Waals surface area contributed by atoms with E-state index >= 15 is 0 Å².